The minimum Gasteiger partial charge on any atom is -0.493 e. The first-order valence-electron chi connectivity index (χ1n) is 9.36. The van der Waals surface area contributed by atoms with Crippen LogP contribution in [0.4, 0.5) is 0 Å². The Hall–Kier alpha value is -3.34. The lowest BCUT2D eigenvalue weighted by Gasteiger charge is -2.26. The van der Waals surface area contributed by atoms with Gasteiger partial charge in [0.25, 0.3) is 0 Å². The Labute approximate surface area is 163 Å². The molecule has 0 bridgehead atoms. The summed E-state index contributed by atoms with van der Waals surface area (Å²) in [5.41, 5.74) is 2.24. The van der Waals surface area contributed by atoms with Gasteiger partial charge in [0.1, 0.15) is 17.2 Å². The van der Waals surface area contributed by atoms with Crippen molar-refractivity contribution in [2.24, 2.45) is 0 Å². The number of aryl methyl sites for hydroxylation is 1. The molecule has 2 aromatic carbocycles. The lowest BCUT2D eigenvalue weighted by atomic mass is 9.87. The first-order chi connectivity index (χ1) is 13.7. The molecule has 1 aliphatic heterocycles. The number of benzene rings is 2. The first-order valence-corrected chi connectivity index (χ1v) is 9.36. The SMILES string of the molecule is O=C(O)c1ccncc1CC[C@H]1CCOc2cc(Oc3ccccc3)ccc21. The third-order valence-electron chi connectivity index (χ3n) is 5.02. The monoisotopic (exact) mass is 375 g/mol. The van der Waals surface area contributed by atoms with Gasteiger partial charge in [0.15, 0.2) is 0 Å². The third-order valence-corrected chi connectivity index (χ3v) is 5.02. The summed E-state index contributed by atoms with van der Waals surface area (Å²) in [5, 5.41) is 9.35. The van der Waals surface area contributed by atoms with Crippen LogP contribution < -0.4 is 9.47 Å². The molecule has 1 N–H and O–H groups in total. The van der Waals surface area contributed by atoms with Gasteiger partial charge in [-0.15, -0.1) is 0 Å². The molecule has 4 rings (SSSR count). The van der Waals surface area contributed by atoms with E-state index in [0.717, 1.165) is 41.2 Å². The maximum Gasteiger partial charge on any atom is 0.336 e. The van der Waals surface area contributed by atoms with Crippen LogP contribution in [-0.2, 0) is 6.42 Å². The van der Waals surface area contributed by atoms with Gasteiger partial charge in [0.2, 0.25) is 0 Å². The van der Waals surface area contributed by atoms with Crippen LogP contribution in [0.2, 0.25) is 0 Å². The second-order valence-corrected chi connectivity index (χ2v) is 6.83. The zero-order valence-corrected chi connectivity index (χ0v) is 15.4. The summed E-state index contributed by atoms with van der Waals surface area (Å²) in [6.07, 6.45) is 5.60. The zero-order valence-electron chi connectivity index (χ0n) is 15.4. The summed E-state index contributed by atoms with van der Waals surface area (Å²) in [6, 6.07) is 17.1. The van der Waals surface area contributed by atoms with Gasteiger partial charge in [-0.3, -0.25) is 4.98 Å². The van der Waals surface area contributed by atoms with E-state index in [9.17, 15) is 9.90 Å². The molecular weight excluding hydrogens is 354 g/mol. The number of hydrogen-bond acceptors (Lipinski definition) is 4. The van der Waals surface area contributed by atoms with Crippen molar-refractivity contribution in [3.63, 3.8) is 0 Å². The standard InChI is InChI=1S/C23H21NO4/c25-23(26)21-10-12-24-15-17(21)7-6-16-11-13-27-22-14-19(8-9-20(16)22)28-18-4-2-1-3-5-18/h1-5,8-10,12,14-16H,6-7,11,13H2,(H,25,26)/t16-/m0/s1. The number of carboxylic acid groups (broad SMARTS) is 1. The molecule has 0 spiro atoms. The maximum absolute atomic E-state index is 11.4. The van der Waals surface area contributed by atoms with E-state index in [1.807, 2.05) is 42.5 Å². The second-order valence-electron chi connectivity index (χ2n) is 6.83. The lowest BCUT2D eigenvalue weighted by molar-refractivity contribution is 0.0695. The third kappa shape index (κ3) is 3.98. The highest BCUT2D eigenvalue weighted by Crippen LogP contribution is 2.39. The van der Waals surface area contributed by atoms with E-state index in [0.29, 0.717) is 24.5 Å². The molecule has 5 heteroatoms. The van der Waals surface area contributed by atoms with Gasteiger partial charge < -0.3 is 14.6 Å². The number of carbonyl (C=O) groups is 1. The molecule has 0 unspecified atom stereocenters. The molecule has 0 amide bonds. The Kier molecular flexibility index (Phi) is 5.24. The van der Waals surface area contributed by atoms with E-state index in [2.05, 4.69) is 11.1 Å². The molecule has 1 aromatic heterocycles. The fraction of sp³-hybridized carbons (Fsp3) is 0.217. The summed E-state index contributed by atoms with van der Waals surface area (Å²) >= 11 is 0. The molecule has 1 atom stereocenters. The van der Waals surface area contributed by atoms with Crippen molar-refractivity contribution in [3.05, 3.63) is 83.7 Å². The number of para-hydroxylation sites is 1. The van der Waals surface area contributed by atoms with E-state index < -0.39 is 5.97 Å². The Morgan fingerprint density at radius 3 is 2.82 bits per heavy atom. The van der Waals surface area contributed by atoms with Crippen LogP contribution in [0.25, 0.3) is 0 Å². The van der Waals surface area contributed by atoms with Crippen molar-refractivity contribution in [2.75, 3.05) is 6.61 Å². The average Bonchev–Trinajstić information content (AvgIpc) is 2.73. The average molecular weight is 375 g/mol. The van der Waals surface area contributed by atoms with E-state index in [1.54, 1.807) is 12.3 Å². The van der Waals surface area contributed by atoms with Gasteiger partial charge in [-0.2, -0.15) is 0 Å². The van der Waals surface area contributed by atoms with Crippen molar-refractivity contribution in [2.45, 2.75) is 25.2 Å². The molecular formula is C23H21NO4. The minimum absolute atomic E-state index is 0.316. The zero-order chi connectivity index (χ0) is 19.3. The molecule has 28 heavy (non-hydrogen) atoms. The number of carboxylic acids is 1. The highest BCUT2D eigenvalue weighted by atomic mass is 16.5. The Bertz CT molecular complexity index is 971. The molecule has 2 heterocycles. The van der Waals surface area contributed by atoms with Crippen molar-refractivity contribution >= 4 is 5.97 Å². The largest absolute Gasteiger partial charge is 0.493 e. The number of nitrogens with zero attached hydrogens (tertiary/aromatic N) is 1. The molecule has 1 aliphatic rings. The molecule has 0 saturated heterocycles. The fourth-order valence-electron chi connectivity index (χ4n) is 3.60. The second kappa shape index (κ2) is 8.13. The van der Waals surface area contributed by atoms with Gasteiger partial charge in [-0.1, -0.05) is 24.3 Å². The van der Waals surface area contributed by atoms with Gasteiger partial charge in [0.05, 0.1) is 12.2 Å². The molecule has 0 saturated carbocycles. The van der Waals surface area contributed by atoms with Crippen LogP contribution in [0.15, 0.2) is 67.0 Å². The van der Waals surface area contributed by atoms with Crippen LogP contribution >= 0.6 is 0 Å². The number of pyridine rings is 1. The molecule has 3 aromatic rings. The summed E-state index contributed by atoms with van der Waals surface area (Å²) in [4.78, 5) is 15.5. The summed E-state index contributed by atoms with van der Waals surface area (Å²) in [7, 11) is 0. The predicted molar refractivity (Wildman–Crippen MR) is 105 cm³/mol. The normalized spacial score (nSPS) is 15.4. The minimum atomic E-state index is -0.910. The number of aromatic nitrogens is 1. The van der Waals surface area contributed by atoms with E-state index >= 15 is 0 Å². The topological polar surface area (TPSA) is 68.7 Å². The van der Waals surface area contributed by atoms with Crippen LogP contribution in [0.5, 0.6) is 17.2 Å². The Morgan fingerprint density at radius 2 is 2.00 bits per heavy atom. The van der Waals surface area contributed by atoms with Crippen LogP contribution in [0.1, 0.15) is 40.2 Å². The number of ether oxygens (including phenoxy) is 2. The summed E-state index contributed by atoms with van der Waals surface area (Å²) in [6.45, 7) is 0.644. The number of rotatable bonds is 6. The number of hydrogen-bond donors (Lipinski definition) is 1. The van der Waals surface area contributed by atoms with Crippen molar-refractivity contribution in [1.82, 2.24) is 4.98 Å². The van der Waals surface area contributed by atoms with Crippen LogP contribution in [0.3, 0.4) is 0 Å². The van der Waals surface area contributed by atoms with Crippen molar-refractivity contribution < 1.29 is 19.4 Å². The lowest BCUT2D eigenvalue weighted by Crippen LogP contribution is -2.15. The van der Waals surface area contributed by atoms with Gasteiger partial charge in [-0.05, 0) is 60.6 Å². The van der Waals surface area contributed by atoms with Crippen molar-refractivity contribution in [1.29, 1.82) is 0 Å². The predicted octanol–water partition coefficient (Wildman–Crippen LogP) is 5.07. The molecule has 0 fully saturated rings. The van der Waals surface area contributed by atoms with Crippen LogP contribution in [-0.4, -0.2) is 22.7 Å². The maximum atomic E-state index is 11.4. The smallest absolute Gasteiger partial charge is 0.336 e. The highest BCUT2D eigenvalue weighted by molar-refractivity contribution is 5.89. The quantitative estimate of drug-likeness (QED) is 0.651. The molecule has 0 radical (unpaired) electrons. The first kappa shape index (κ1) is 18.0. The highest BCUT2D eigenvalue weighted by Gasteiger charge is 2.23. The van der Waals surface area contributed by atoms with E-state index in [-0.39, 0.29) is 0 Å². The Balaban J connectivity index is 1.49. The van der Waals surface area contributed by atoms with Crippen molar-refractivity contribution in [3.8, 4) is 17.2 Å². The van der Waals surface area contributed by atoms with Gasteiger partial charge >= 0.3 is 5.97 Å². The van der Waals surface area contributed by atoms with Gasteiger partial charge in [-0.25, -0.2) is 4.79 Å². The van der Waals surface area contributed by atoms with Crippen LogP contribution in [0, 0.1) is 0 Å². The summed E-state index contributed by atoms with van der Waals surface area (Å²) in [5.74, 6) is 1.77. The Morgan fingerprint density at radius 1 is 1.14 bits per heavy atom. The van der Waals surface area contributed by atoms with E-state index in [1.165, 1.54) is 6.20 Å². The molecule has 0 aliphatic carbocycles. The molecule has 5 nitrogen and oxygen atoms in total. The van der Waals surface area contributed by atoms with E-state index in [4.69, 9.17) is 9.47 Å². The van der Waals surface area contributed by atoms with Gasteiger partial charge in [0, 0.05) is 18.5 Å². The number of fused-ring (bicyclic) bond motifs is 1. The fourth-order valence-corrected chi connectivity index (χ4v) is 3.60. The number of aromatic carboxylic acids is 1. The molecule has 142 valence electrons. The summed E-state index contributed by atoms with van der Waals surface area (Å²) < 4.78 is 11.8.